The second-order valence-corrected chi connectivity index (χ2v) is 6.71. The highest BCUT2D eigenvalue weighted by Gasteiger charge is 2.12. The molecular formula is C18H22Cl2N6O3. The number of benzene rings is 1. The number of anilines is 2. The summed E-state index contributed by atoms with van der Waals surface area (Å²) >= 11 is 11.9. The summed E-state index contributed by atoms with van der Waals surface area (Å²) in [6.07, 6.45) is -0.577. The van der Waals surface area contributed by atoms with Gasteiger partial charge in [-0.1, -0.05) is 23.2 Å². The van der Waals surface area contributed by atoms with Crippen molar-refractivity contribution < 1.29 is 14.3 Å². The molecule has 0 radical (unpaired) electrons. The predicted molar refractivity (Wildman–Crippen MR) is 114 cm³/mol. The molecule has 0 atom stereocenters. The number of ether oxygens (including phenoxy) is 2. The number of hydrogen-bond acceptors (Lipinski definition) is 6. The minimum Gasteiger partial charge on any atom is -0.354 e. The minimum absolute atomic E-state index is 0.117. The van der Waals surface area contributed by atoms with Gasteiger partial charge in [-0.3, -0.25) is 10.6 Å². The Morgan fingerprint density at radius 3 is 2.31 bits per heavy atom. The van der Waals surface area contributed by atoms with E-state index in [0.29, 0.717) is 21.7 Å². The number of aromatic nitrogens is 2. The first-order valence-electron chi connectivity index (χ1n) is 8.53. The third kappa shape index (κ3) is 7.47. The number of methoxy groups -OCH3 is 2. The maximum atomic E-state index is 12.4. The zero-order chi connectivity index (χ0) is 21.4. The van der Waals surface area contributed by atoms with Gasteiger partial charge < -0.3 is 14.8 Å². The fraction of sp³-hybridized carbons (Fsp3) is 0.333. The average molecular weight is 441 g/mol. The van der Waals surface area contributed by atoms with Crippen molar-refractivity contribution in [2.45, 2.75) is 20.1 Å². The fourth-order valence-corrected chi connectivity index (χ4v) is 2.55. The quantitative estimate of drug-likeness (QED) is 0.359. The van der Waals surface area contributed by atoms with Gasteiger partial charge in [-0.25, -0.2) is 19.8 Å². The molecule has 0 bridgehead atoms. The SMILES string of the molecule is COC(CN=C(NC(=O)Nc1ccc(Cl)c(Cl)c1)Nc1nc(C)cc(C)n1)OC. The van der Waals surface area contributed by atoms with Crippen LogP contribution in [0.5, 0.6) is 0 Å². The van der Waals surface area contributed by atoms with Gasteiger partial charge in [0.15, 0.2) is 6.29 Å². The summed E-state index contributed by atoms with van der Waals surface area (Å²) in [5.74, 6) is 0.411. The molecule has 29 heavy (non-hydrogen) atoms. The minimum atomic E-state index is -0.577. The molecule has 1 heterocycles. The maximum Gasteiger partial charge on any atom is 0.326 e. The van der Waals surface area contributed by atoms with Gasteiger partial charge in [0.25, 0.3) is 0 Å². The number of amides is 2. The lowest BCUT2D eigenvalue weighted by molar-refractivity contribution is -0.0937. The number of nitrogens with one attached hydrogen (secondary N) is 3. The highest BCUT2D eigenvalue weighted by molar-refractivity contribution is 6.42. The molecule has 0 saturated carbocycles. The van der Waals surface area contributed by atoms with Gasteiger partial charge in [0.2, 0.25) is 11.9 Å². The van der Waals surface area contributed by atoms with Crippen LogP contribution in [-0.4, -0.2) is 49.0 Å². The number of carbonyl (C=O) groups excluding carboxylic acids is 1. The van der Waals surface area contributed by atoms with Gasteiger partial charge in [-0.05, 0) is 38.1 Å². The lowest BCUT2D eigenvalue weighted by Gasteiger charge is -2.15. The first-order chi connectivity index (χ1) is 13.8. The molecule has 0 saturated heterocycles. The van der Waals surface area contributed by atoms with Crippen LogP contribution in [0.3, 0.4) is 0 Å². The first-order valence-corrected chi connectivity index (χ1v) is 9.28. The number of guanidine groups is 1. The van der Waals surface area contributed by atoms with Crippen molar-refractivity contribution in [2.75, 3.05) is 31.4 Å². The van der Waals surface area contributed by atoms with Crippen LogP contribution in [0, 0.1) is 13.8 Å². The Bertz CT molecular complexity index is 870. The van der Waals surface area contributed by atoms with Crippen molar-refractivity contribution in [3.8, 4) is 0 Å². The van der Waals surface area contributed by atoms with Gasteiger partial charge in [0.05, 0.1) is 16.6 Å². The molecule has 0 aliphatic rings. The normalized spacial score (nSPS) is 11.5. The van der Waals surface area contributed by atoms with Crippen LogP contribution in [0.1, 0.15) is 11.4 Å². The molecule has 2 aromatic rings. The number of rotatable bonds is 6. The van der Waals surface area contributed by atoms with Crippen LogP contribution in [-0.2, 0) is 9.47 Å². The summed E-state index contributed by atoms with van der Waals surface area (Å²) in [4.78, 5) is 25.3. The molecule has 9 nitrogen and oxygen atoms in total. The zero-order valence-corrected chi connectivity index (χ0v) is 17.9. The Balaban J connectivity index is 2.15. The van der Waals surface area contributed by atoms with E-state index in [1.807, 2.05) is 19.9 Å². The number of hydrogen-bond donors (Lipinski definition) is 3. The van der Waals surface area contributed by atoms with E-state index in [0.717, 1.165) is 11.4 Å². The third-order valence-corrected chi connectivity index (χ3v) is 4.29. The molecule has 0 spiro atoms. The van der Waals surface area contributed by atoms with Crippen molar-refractivity contribution in [3.63, 3.8) is 0 Å². The summed E-state index contributed by atoms with van der Waals surface area (Å²) in [5, 5.41) is 8.87. The van der Waals surface area contributed by atoms with E-state index in [-0.39, 0.29) is 12.5 Å². The van der Waals surface area contributed by atoms with Crippen molar-refractivity contribution in [3.05, 3.63) is 45.7 Å². The summed E-state index contributed by atoms with van der Waals surface area (Å²) in [6.45, 7) is 3.81. The maximum absolute atomic E-state index is 12.4. The van der Waals surface area contributed by atoms with Crippen molar-refractivity contribution in [1.29, 1.82) is 0 Å². The Kier molecular flexibility index (Phi) is 8.59. The van der Waals surface area contributed by atoms with Crippen LogP contribution in [0.4, 0.5) is 16.4 Å². The predicted octanol–water partition coefficient (Wildman–Crippen LogP) is 3.61. The number of urea groups is 1. The van der Waals surface area contributed by atoms with Crippen molar-refractivity contribution in [1.82, 2.24) is 15.3 Å². The third-order valence-electron chi connectivity index (χ3n) is 3.55. The largest absolute Gasteiger partial charge is 0.354 e. The van der Waals surface area contributed by atoms with Crippen LogP contribution < -0.4 is 16.0 Å². The van der Waals surface area contributed by atoms with E-state index < -0.39 is 12.3 Å². The Labute approximate surface area is 178 Å². The number of carbonyl (C=O) groups is 1. The standard InChI is InChI=1S/C18H22Cl2N6O3/c1-10-7-11(2)23-17(22-10)25-16(21-9-15(28-3)29-4)26-18(27)24-12-5-6-13(19)14(20)8-12/h5-8,15H,9H2,1-4H3,(H3,21,22,23,24,25,26,27). The molecule has 156 valence electrons. The monoisotopic (exact) mass is 440 g/mol. The van der Waals surface area contributed by atoms with Gasteiger partial charge in [-0.15, -0.1) is 0 Å². The Morgan fingerprint density at radius 2 is 1.72 bits per heavy atom. The molecule has 0 unspecified atom stereocenters. The Morgan fingerprint density at radius 1 is 1.07 bits per heavy atom. The van der Waals surface area contributed by atoms with E-state index in [1.165, 1.54) is 20.3 Å². The molecule has 0 fully saturated rings. The second-order valence-electron chi connectivity index (χ2n) is 5.90. The van der Waals surface area contributed by atoms with Crippen LogP contribution in [0.25, 0.3) is 0 Å². The zero-order valence-electron chi connectivity index (χ0n) is 16.4. The highest BCUT2D eigenvalue weighted by Crippen LogP contribution is 2.24. The van der Waals surface area contributed by atoms with Crippen LogP contribution in [0.2, 0.25) is 10.0 Å². The van der Waals surface area contributed by atoms with Crippen molar-refractivity contribution >= 4 is 46.8 Å². The molecule has 1 aromatic carbocycles. The molecule has 2 rings (SSSR count). The van der Waals surface area contributed by atoms with E-state index >= 15 is 0 Å². The topological polar surface area (TPSA) is 110 Å². The molecule has 11 heteroatoms. The lowest BCUT2D eigenvalue weighted by Crippen LogP contribution is -2.40. The molecular weight excluding hydrogens is 419 g/mol. The van der Waals surface area contributed by atoms with Crippen molar-refractivity contribution in [2.24, 2.45) is 4.99 Å². The van der Waals surface area contributed by atoms with E-state index in [9.17, 15) is 4.79 Å². The smallest absolute Gasteiger partial charge is 0.326 e. The average Bonchev–Trinajstić information content (AvgIpc) is 2.64. The fourth-order valence-electron chi connectivity index (χ4n) is 2.25. The number of aryl methyl sites for hydroxylation is 2. The van der Waals surface area contributed by atoms with Gasteiger partial charge >= 0.3 is 6.03 Å². The summed E-state index contributed by atoms with van der Waals surface area (Å²) in [5.41, 5.74) is 2.00. The second kappa shape index (κ2) is 10.9. The first kappa shape index (κ1) is 22.8. The summed E-state index contributed by atoms with van der Waals surface area (Å²) in [6, 6.07) is 6.02. The summed E-state index contributed by atoms with van der Waals surface area (Å²) in [7, 11) is 2.99. The molecule has 1 aromatic heterocycles. The number of halogens is 2. The number of aliphatic imine (C=N–C) groups is 1. The van der Waals surface area contributed by atoms with Gasteiger partial charge in [0.1, 0.15) is 0 Å². The molecule has 2 amide bonds. The molecule has 3 N–H and O–H groups in total. The molecule has 0 aliphatic carbocycles. The Hall–Kier alpha value is -2.46. The lowest BCUT2D eigenvalue weighted by atomic mass is 10.3. The van der Waals surface area contributed by atoms with Gasteiger partial charge in [-0.2, -0.15) is 0 Å². The van der Waals surface area contributed by atoms with E-state index in [1.54, 1.807) is 12.1 Å². The molecule has 0 aliphatic heterocycles. The van der Waals surface area contributed by atoms with Crippen LogP contribution >= 0.6 is 23.2 Å². The number of nitrogens with zero attached hydrogens (tertiary/aromatic N) is 3. The van der Waals surface area contributed by atoms with Gasteiger partial charge in [0, 0.05) is 31.3 Å². The van der Waals surface area contributed by atoms with E-state index in [4.69, 9.17) is 32.7 Å². The summed E-state index contributed by atoms with van der Waals surface area (Å²) < 4.78 is 10.2. The highest BCUT2D eigenvalue weighted by atomic mass is 35.5. The van der Waals surface area contributed by atoms with E-state index in [2.05, 4.69) is 30.9 Å². The van der Waals surface area contributed by atoms with Crippen LogP contribution in [0.15, 0.2) is 29.3 Å².